The molecule has 4 heteroatoms. The minimum atomic E-state index is 0.0401. The highest BCUT2D eigenvalue weighted by molar-refractivity contribution is 6.30. The third kappa shape index (κ3) is 3.83. The van der Waals surface area contributed by atoms with E-state index in [1.54, 1.807) is 25.3 Å². The minimum absolute atomic E-state index is 0.0401. The summed E-state index contributed by atoms with van der Waals surface area (Å²) in [7, 11) is 1.56. The molecule has 3 nitrogen and oxygen atoms in total. The fourth-order valence-corrected chi connectivity index (χ4v) is 1.66. The molecule has 0 amide bonds. The van der Waals surface area contributed by atoms with E-state index < -0.39 is 0 Å². The largest absolute Gasteiger partial charge is 0.496 e. The van der Waals surface area contributed by atoms with E-state index in [0.29, 0.717) is 30.0 Å². The molecule has 88 valence electrons. The smallest absolute Gasteiger partial charge is 0.137 e. The lowest BCUT2D eigenvalue weighted by Gasteiger charge is -2.08. The van der Waals surface area contributed by atoms with Gasteiger partial charge in [-0.3, -0.25) is 4.79 Å². The Morgan fingerprint density at radius 3 is 2.88 bits per heavy atom. The SMILES string of the molecule is COc1ccc(Cl)cc1CC(=O)CCCO. The highest BCUT2D eigenvalue weighted by Crippen LogP contribution is 2.23. The van der Waals surface area contributed by atoms with E-state index >= 15 is 0 Å². The predicted molar refractivity (Wildman–Crippen MR) is 63.0 cm³/mol. The van der Waals surface area contributed by atoms with Crippen molar-refractivity contribution in [3.63, 3.8) is 0 Å². The van der Waals surface area contributed by atoms with Crippen molar-refractivity contribution in [2.24, 2.45) is 0 Å². The first kappa shape index (κ1) is 13.0. The second kappa shape index (κ2) is 6.51. The summed E-state index contributed by atoms with van der Waals surface area (Å²) < 4.78 is 5.15. The van der Waals surface area contributed by atoms with Crippen LogP contribution in [0.25, 0.3) is 0 Å². The van der Waals surface area contributed by atoms with Gasteiger partial charge in [0.05, 0.1) is 7.11 Å². The Balaban J connectivity index is 2.71. The van der Waals surface area contributed by atoms with Crippen LogP contribution in [-0.2, 0) is 11.2 Å². The van der Waals surface area contributed by atoms with Crippen molar-refractivity contribution in [2.75, 3.05) is 13.7 Å². The molecule has 0 aliphatic heterocycles. The molecule has 0 aliphatic rings. The van der Waals surface area contributed by atoms with E-state index in [9.17, 15) is 4.79 Å². The molecule has 0 saturated heterocycles. The lowest BCUT2D eigenvalue weighted by Crippen LogP contribution is -2.05. The molecule has 0 bridgehead atoms. The summed E-state index contributed by atoms with van der Waals surface area (Å²) in [4.78, 5) is 11.5. The van der Waals surface area contributed by atoms with Gasteiger partial charge in [0, 0.05) is 30.0 Å². The zero-order valence-corrected chi connectivity index (χ0v) is 9.96. The molecule has 0 aromatic heterocycles. The van der Waals surface area contributed by atoms with Crippen LogP contribution in [0.2, 0.25) is 5.02 Å². The van der Waals surface area contributed by atoms with Crippen LogP contribution in [0.4, 0.5) is 0 Å². The van der Waals surface area contributed by atoms with Gasteiger partial charge in [-0.05, 0) is 24.6 Å². The van der Waals surface area contributed by atoms with E-state index in [1.807, 2.05) is 0 Å². The van der Waals surface area contributed by atoms with Crippen molar-refractivity contribution < 1.29 is 14.6 Å². The Labute approximate surface area is 100.0 Å². The number of carbonyl (C=O) groups excluding carboxylic acids is 1. The Bertz CT molecular complexity index is 363. The first-order chi connectivity index (χ1) is 7.67. The van der Waals surface area contributed by atoms with Gasteiger partial charge in [0.1, 0.15) is 11.5 Å². The zero-order chi connectivity index (χ0) is 12.0. The molecule has 1 aromatic rings. The van der Waals surface area contributed by atoms with E-state index in [-0.39, 0.29) is 12.4 Å². The maximum absolute atomic E-state index is 11.5. The summed E-state index contributed by atoms with van der Waals surface area (Å²) in [6.45, 7) is 0.0401. The second-order valence-corrected chi connectivity index (χ2v) is 3.94. The van der Waals surface area contributed by atoms with E-state index in [0.717, 1.165) is 5.56 Å². The number of carbonyl (C=O) groups is 1. The van der Waals surface area contributed by atoms with Gasteiger partial charge >= 0.3 is 0 Å². The van der Waals surface area contributed by atoms with Crippen LogP contribution in [-0.4, -0.2) is 24.6 Å². The number of methoxy groups -OCH3 is 1. The van der Waals surface area contributed by atoms with Crippen LogP contribution in [0.1, 0.15) is 18.4 Å². The minimum Gasteiger partial charge on any atom is -0.496 e. The molecule has 0 radical (unpaired) electrons. The first-order valence-corrected chi connectivity index (χ1v) is 5.50. The van der Waals surface area contributed by atoms with Crippen LogP contribution in [0.3, 0.4) is 0 Å². The van der Waals surface area contributed by atoms with Gasteiger partial charge in [0.2, 0.25) is 0 Å². The van der Waals surface area contributed by atoms with Crippen LogP contribution < -0.4 is 4.74 Å². The number of benzene rings is 1. The van der Waals surface area contributed by atoms with Crippen molar-refractivity contribution >= 4 is 17.4 Å². The standard InChI is InChI=1S/C12H15ClO3/c1-16-12-5-4-10(13)7-9(12)8-11(15)3-2-6-14/h4-5,7,14H,2-3,6,8H2,1H3. The molecule has 0 heterocycles. The molecular formula is C12H15ClO3. The van der Waals surface area contributed by atoms with Gasteiger partial charge in [-0.1, -0.05) is 11.6 Å². The molecule has 16 heavy (non-hydrogen) atoms. The molecule has 1 rings (SSSR count). The average molecular weight is 243 g/mol. The number of hydrogen-bond acceptors (Lipinski definition) is 3. The second-order valence-electron chi connectivity index (χ2n) is 3.50. The number of hydrogen-bond donors (Lipinski definition) is 1. The lowest BCUT2D eigenvalue weighted by atomic mass is 10.0. The summed E-state index contributed by atoms with van der Waals surface area (Å²) in [5, 5.41) is 9.22. The monoisotopic (exact) mass is 242 g/mol. The van der Waals surface area contributed by atoms with Gasteiger partial charge < -0.3 is 9.84 Å². The molecule has 0 atom stereocenters. The van der Waals surface area contributed by atoms with E-state index in [2.05, 4.69) is 0 Å². The number of ketones is 1. The van der Waals surface area contributed by atoms with Crippen LogP contribution in [0.5, 0.6) is 5.75 Å². The Hall–Kier alpha value is -1.06. The maximum Gasteiger partial charge on any atom is 0.137 e. The Kier molecular flexibility index (Phi) is 5.29. The maximum atomic E-state index is 11.5. The van der Waals surface area contributed by atoms with Gasteiger partial charge in [0.15, 0.2) is 0 Å². The number of ether oxygens (including phenoxy) is 1. The van der Waals surface area contributed by atoms with Crippen molar-refractivity contribution in [3.05, 3.63) is 28.8 Å². The molecule has 0 spiro atoms. The van der Waals surface area contributed by atoms with Crippen molar-refractivity contribution in [1.29, 1.82) is 0 Å². The highest BCUT2D eigenvalue weighted by atomic mass is 35.5. The van der Waals surface area contributed by atoms with E-state index in [4.69, 9.17) is 21.4 Å². The number of aliphatic hydroxyl groups is 1. The van der Waals surface area contributed by atoms with Gasteiger partial charge in [-0.25, -0.2) is 0 Å². The van der Waals surface area contributed by atoms with Crippen LogP contribution >= 0.6 is 11.6 Å². The normalized spacial score (nSPS) is 10.2. The average Bonchev–Trinajstić information content (AvgIpc) is 2.27. The summed E-state index contributed by atoms with van der Waals surface area (Å²) >= 11 is 5.85. The number of Topliss-reactive ketones (excluding diaryl/α,β-unsaturated/α-hetero) is 1. The first-order valence-electron chi connectivity index (χ1n) is 5.12. The molecular weight excluding hydrogens is 228 g/mol. The Morgan fingerprint density at radius 1 is 1.50 bits per heavy atom. The number of rotatable bonds is 6. The van der Waals surface area contributed by atoms with Crippen molar-refractivity contribution in [1.82, 2.24) is 0 Å². The molecule has 1 aromatic carbocycles. The molecule has 1 N–H and O–H groups in total. The van der Waals surface area contributed by atoms with Crippen LogP contribution in [0.15, 0.2) is 18.2 Å². The number of aliphatic hydroxyl groups excluding tert-OH is 1. The predicted octanol–water partition coefficient (Wildman–Crippen LogP) is 2.23. The summed E-state index contributed by atoms with van der Waals surface area (Å²) in [5.74, 6) is 0.747. The molecule has 0 unspecified atom stereocenters. The molecule has 0 fully saturated rings. The van der Waals surface area contributed by atoms with Crippen molar-refractivity contribution in [2.45, 2.75) is 19.3 Å². The zero-order valence-electron chi connectivity index (χ0n) is 9.20. The summed E-state index contributed by atoms with van der Waals surface area (Å²) in [5.41, 5.74) is 0.790. The Morgan fingerprint density at radius 2 is 2.25 bits per heavy atom. The molecule has 0 saturated carbocycles. The number of halogens is 1. The lowest BCUT2D eigenvalue weighted by molar-refractivity contribution is -0.118. The highest BCUT2D eigenvalue weighted by Gasteiger charge is 2.09. The third-order valence-corrected chi connectivity index (χ3v) is 2.48. The topological polar surface area (TPSA) is 46.5 Å². The van der Waals surface area contributed by atoms with Crippen molar-refractivity contribution in [3.8, 4) is 5.75 Å². The summed E-state index contributed by atoms with van der Waals surface area (Å²) in [6, 6.07) is 5.20. The van der Waals surface area contributed by atoms with Gasteiger partial charge in [-0.15, -0.1) is 0 Å². The quantitative estimate of drug-likeness (QED) is 0.832. The fourth-order valence-electron chi connectivity index (χ4n) is 1.46. The van der Waals surface area contributed by atoms with E-state index in [1.165, 1.54) is 0 Å². The summed E-state index contributed by atoms with van der Waals surface area (Å²) in [6.07, 6.45) is 1.18. The third-order valence-electron chi connectivity index (χ3n) is 2.24. The van der Waals surface area contributed by atoms with Crippen LogP contribution in [0, 0.1) is 0 Å². The van der Waals surface area contributed by atoms with Gasteiger partial charge in [0.25, 0.3) is 0 Å². The van der Waals surface area contributed by atoms with Gasteiger partial charge in [-0.2, -0.15) is 0 Å². The molecule has 0 aliphatic carbocycles. The fraction of sp³-hybridized carbons (Fsp3) is 0.417.